The van der Waals surface area contributed by atoms with E-state index >= 15 is 0 Å². The van der Waals surface area contributed by atoms with Crippen molar-refractivity contribution in [2.24, 2.45) is 5.73 Å². The molecule has 0 saturated heterocycles. The van der Waals surface area contributed by atoms with Crippen LogP contribution in [0.25, 0.3) is 0 Å². The van der Waals surface area contributed by atoms with Crippen LogP contribution in [0, 0.1) is 0 Å². The highest BCUT2D eigenvalue weighted by molar-refractivity contribution is 9.10. The summed E-state index contributed by atoms with van der Waals surface area (Å²) in [5.41, 5.74) is 6.15. The molecule has 2 aromatic rings. The first-order valence-corrected chi connectivity index (χ1v) is 5.61. The Balaban J connectivity index is 1.99. The molecule has 1 heterocycles. The molecule has 0 amide bonds. The summed E-state index contributed by atoms with van der Waals surface area (Å²) < 4.78 is 11.5. The number of rotatable bonds is 4. The smallest absolute Gasteiger partial charge is 0.174 e. The summed E-state index contributed by atoms with van der Waals surface area (Å²) >= 11 is 3.40. The second-order valence-corrected chi connectivity index (χ2v) is 4.06. The van der Waals surface area contributed by atoms with Gasteiger partial charge in [-0.1, -0.05) is 17.3 Å². The monoisotopic (exact) mass is 282 g/mol. The van der Waals surface area contributed by atoms with E-state index in [9.17, 15) is 0 Å². The van der Waals surface area contributed by atoms with Crippen LogP contribution in [0.1, 0.15) is 11.5 Å². The molecule has 0 saturated carbocycles. The molecule has 16 heavy (non-hydrogen) atoms. The molecule has 0 fully saturated rings. The van der Waals surface area contributed by atoms with E-state index in [-0.39, 0.29) is 0 Å². The Morgan fingerprint density at radius 1 is 1.38 bits per heavy atom. The molecule has 0 atom stereocenters. The van der Waals surface area contributed by atoms with Gasteiger partial charge < -0.3 is 15.0 Å². The fourth-order valence-corrected chi connectivity index (χ4v) is 1.63. The number of halogens is 1. The molecule has 4 nitrogen and oxygen atoms in total. The van der Waals surface area contributed by atoms with Crippen LogP contribution >= 0.6 is 15.9 Å². The zero-order valence-electron chi connectivity index (χ0n) is 8.52. The molecule has 84 valence electrons. The number of para-hydroxylation sites is 1. The van der Waals surface area contributed by atoms with Gasteiger partial charge in [-0.05, 0) is 28.1 Å². The maximum Gasteiger partial charge on any atom is 0.174 e. The van der Waals surface area contributed by atoms with Gasteiger partial charge in [-0.15, -0.1) is 0 Å². The Labute approximate surface area is 102 Å². The first-order chi connectivity index (χ1) is 7.79. The lowest BCUT2D eigenvalue weighted by Gasteiger charge is -2.04. The summed E-state index contributed by atoms with van der Waals surface area (Å²) in [6, 6.07) is 9.42. The maximum absolute atomic E-state index is 5.56. The number of aromatic nitrogens is 1. The third-order valence-corrected chi connectivity index (χ3v) is 2.68. The second-order valence-electron chi connectivity index (χ2n) is 3.21. The van der Waals surface area contributed by atoms with Crippen LogP contribution < -0.4 is 10.5 Å². The van der Waals surface area contributed by atoms with Gasteiger partial charge in [0.25, 0.3) is 0 Å². The molecular formula is C11H11BrN2O2. The summed E-state index contributed by atoms with van der Waals surface area (Å²) in [7, 11) is 0. The van der Waals surface area contributed by atoms with Crippen LogP contribution in [0.2, 0.25) is 0 Å². The molecule has 2 rings (SSSR count). The van der Waals surface area contributed by atoms with Crippen molar-refractivity contribution in [3.05, 3.63) is 46.3 Å². The molecule has 5 heteroatoms. The van der Waals surface area contributed by atoms with E-state index in [1.165, 1.54) is 0 Å². The van der Waals surface area contributed by atoms with Gasteiger partial charge in [-0.2, -0.15) is 0 Å². The zero-order valence-corrected chi connectivity index (χ0v) is 10.1. The minimum atomic E-state index is 0.343. The molecule has 0 unspecified atom stereocenters. The minimum absolute atomic E-state index is 0.343. The summed E-state index contributed by atoms with van der Waals surface area (Å²) in [5, 5.41) is 3.78. The molecule has 0 spiro atoms. The maximum atomic E-state index is 5.56. The zero-order chi connectivity index (χ0) is 11.4. The number of hydrogen-bond donors (Lipinski definition) is 1. The topological polar surface area (TPSA) is 61.3 Å². The van der Waals surface area contributed by atoms with Crippen LogP contribution in [0.3, 0.4) is 0 Å². The number of benzene rings is 1. The van der Waals surface area contributed by atoms with E-state index in [0.29, 0.717) is 18.9 Å². The molecular weight excluding hydrogens is 272 g/mol. The van der Waals surface area contributed by atoms with Crippen molar-refractivity contribution in [3.8, 4) is 5.75 Å². The number of nitrogens with two attached hydrogens (primary N) is 1. The molecule has 2 N–H and O–H groups in total. The van der Waals surface area contributed by atoms with Gasteiger partial charge in [0.2, 0.25) is 0 Å². The molecule has 1 aromatic carbocycles. The summed E-state index contributed by atoms with van der Waals surface area (Å²) in [6.07, 6.45) is 0. The Hall–Kier alpha value is -1.33. The first kappa shape index (κ1) is 11.2. The average Bonchev–Trinajstić information content (AvgIpc) is 2.76. The highest BCUT2D eigenvalue weighted by Gasteiger charge is 2.05. The summed E-state index contributed by atoms with van der Waals surface area (Å²) in [6.45, 7) is 0.716. The minimum Gasteiger partial charge on any atom is -0.484 e. The van der Waals surface area contributed by atoms with Crippen molar-refractivity contribution < 1.29 is 9.26 Å². The number of ether oxygens (including phenoxy) is 1. The van der Waals surface area contributed by atoms with E-state index in [4.69, 9.17) is 15.0 Å². The lowest BCUT2D eigenvalue weighted by molar-refractivity contribution is 0.247. The van der Waals surface area contributed by atoms with Crippen molar-refractivity contribution in [1.29, 1.82) is 0 Å². The molecule has 0 radical (unpaired) electrons. The Kier molecular flexibility index (Phi) is 3.58. The predicted molar refractivity (Wildman–Crippen MR) is 62.9 cm³/mol. The van der Waals surface area contributed by atoms with Gasteiger partial charge >= 0.3 is 0 Å². The van der Waals surface area contributed by atoms with E-state index < -0.39 is 0 Å². The highest BCUT2D eigenvalue weighted by atomic mass is 79.9. The standard InChI is InChI=1S/C11H11BrN2O2/c12-10-3-1-2-4-11(10)15-7-9-5-8(6-13)14-16-9/h1-5H,6-7,13H2. The third-order valence-electron chi connectivity index (χ3n) is 2.02. The number of nitrogens with zero attached hydrogens (tertiary/aromatic N) is 1. The SMILES string of the molecule is NCc1cc(COc2ccccc2Br)on1. The van der Waals surface area contributed by atoms with Crippen molar-refractivity contribution in [2.45, 2.75) is 13.2 Å². The highest BCUT2D eigenvalue weighted by Crippen LogP contribution is 2.24. The fourth-order valence-electron chi connectivity index (χ4n) is 1.23. The second kappa shape index (κ2) is 5.14. The van der Waals surface area contributed by atoms with Gasteiger partial charge in [-0.25, -0.2) is 0 Å². The van der Waals surface area contributed by atoms with Crippen LogP contribution in [0.4, 0.5) is 0 Å². The fraction of sp³-hybridized carbons (Fsp3) is 0.182. The summed E-state index contributed by atoms with van der Waals surface area (Å²) in [4.78, 5) is 0. The third kappa shape index (κ3) is 2.62. The van der Waals surface area contributed by atoms with E-state index in [1.54, 1.807) is 6.07 Å². The quantitative estimate of drug-likeness (QED) is 0.936. The van der Waals surface area contributed by atoms with Crippen LogP contribution in [0.5, 0.6) is 5.75 Å². The Bertz CT molecular complexity index is 471. The lowest BCUT2D eigenvalue weighted by atomic mass is 10.3. The average molecular weight is 283 g/mol. The van der Waals surface area contributed by atoms with Crippen molar-refractivity contribution >= 4 is 15.9 Å². The molecule has 1 aromatic heterocycles. The first-order valence-electron chi connectivity index (χ1n) is 4.81. The van der Waals surface area contributed by atoms with Gasteiger partial charge in [0.05, 0.1) is 10.2 Å². The van der Waals surface area contributed by atoms with Crippen molar-refractivity contribution in [2.75, 3.05) is 0 Å². The largest absolute Gasteiger partial charge is 0.484 e. The van der Waals surface area contributed by atoms with E-state index in [2.05, 4.69) is 21.1 Å². The molecule has 0 aliphatic heterocycles. The Morgan fingerprint density at radius 3 is 2.88 bits per heavy atom. The van der Waals surface area contributed by atoms with Crippen LogP contribution in [0.15, 0.2) is 39.3 Å². The van der Waals surface area contributed by atoms with Gasteiger partial charge in [-0.3, -0.25) is 0 Å². The van der Waals surface area contributed by atoms with Crippen LogP contribution in [-0.4, -0.2) is 5.16 Å². The number of hydrogen-bond acceptors (Lipinski definition) is 4. The summed E-state index contributed by atoms with van der Waals surface area (Å²) in [5.74, 6) is 1.43. The van der Waals surface area contributed by atoms with Gasteiger partial charge in [0, 0.05) is 12.6 Å². The Morgan fingerprint density at radius 2 is 2.19 bits per heavy atom. The van der Waals surface area contributed by atoms with E-state index in [0.717, 1.165) is 15.9 Å². The molecule has 0 bridgehead atoms. The van der Waals surface area contributed by atoms with Crippen LogP contribution in [-0.2, 0) is 13.2 Å². The molecule has 0 aliphatic rings. The molecule has 0 aliphatic carbocycles. The van der Waals surface area contributed by atoms with Gasteiger partial charge in [0.15, 0.2) is 5.76 Å². The van der Waals surface area contributed by atoms with Gasteiger partial charge in [0.1, 0.15) is 12.4 Å². The van der Waals surface area contributed by atoms with E-state index in [1.807, 2.05) is 24.3 Å². The van der Waals surface area contributed by atoms with Crippen molar-refractivity contribution in [1.82, 2.24) is 5.16 Å². The van der Waals surface area contributed by atoms with Crippen molar-refractivity contribution in [3.63, 3.8) is 0 Å². The lowest BCUT2D eigenvalue weighted by Crippen LogP contribution is -1.96. The normalized spacial score (nSPS) is 10.4. The predicted octanol–water partition coefficient (Wildman–Crippen LogP) is 2.47.